The van der Waals surface area contributed by atoms with Gasteiger partial charge in [0.05, 0.1) is 6.61 Å². The lowest BCUT2D eigenvalue weighted by Crippen LogP contribution is -2.35. The number of halogens is 1. The predicted molar refractivity (Wildman–Crippen MR) is 84.6 cm³/mol. The van der Waals surface area contributed by atoms with E-state index < -0.39 is 17.6 Å². The highest BCUT2D eigenvalue weighted by Crippen LogP contribution is 2.31. The van der Waals surface area contributed by atoms with Crippen LogP contribution in [-0.4, -0.2) is 18.2 Å². The summed E-state index contributed by atoms with van der Waals surface area (Å²) in [4.78, 5) is 12.1. The Morgan fingerprint density at radius 1 is 1.33 bits per heavy atom. The first-order valence-electron chi connectivity index (χ1n) is 7.60. The van der Waals surface area contributed by atoms with Crippen molar-refractivity contribution >= 4 is 12.0 Å². The maximum absolute atomic E-state index is 14.9. The summed E-state index contributed by atoms with van der Waals surface area (Å²) in [5.74, 6) is -1.37. The van der Waals surface area contributed by atoms with E-state index in [2.05, 4.69) is 0 Å². The fourth-order valence-electron chi connectivity index (χ4n) is 2.21. The van der Waals surface area contributed by atoms with E-state index in [0.717, 1.165) is 18.4 Å². The lowest BCUT2D eigenvalue weighted by molar-refractivity contribution is -0.151. The molecule has 0 aliphatic heterocycles. The van der Waals surface area contributed by atoms with E-state index in [4.69, 9.17) is 4.74 Å². The van der Waals surface area contributed by atoms with Crippen molar-refractivity contribution in [2.45, 2.75) is 45.7 Å². The molecule has 116 valence electrons. The first-order valence-corrected chi connectivity index (χ1v) is 7.60. The highest BCUT2D eigenvalue weighted by Gasteiger charge is 2.38. The molecule has 0 amide bonds. The van der Waals surface area contributed by atoms with Crippen molar-refractivity contribution in [3.8, 4) is 0 Å². The van der Waals surface area contributed by atoms with E-state index in [0.29, 0.717) is 6.42 Å². The van der Waals surface area contributed by atoms with Gasteiger partial charge in [-0.3, -0.25) is 4.79 Å². The number of hydrogen-bond acceptors (Lipinski definition) is 2. The third-order valence-corrected chi connectivity index (χ3v) is 3.49. The molecule has 21 heavy (non-hydrogen) atoms. The summed E-state index contributed by atoms with van der Waals surface area (Å²) in [6.45, 7) is 5.49. The largest absolute Gasteiger partial charge is 0.465 e. The van der Waals surface area contributed by atoms with Gasteiger partial charge in [-0.15, -0.1) is 0 Å². The molecule has 0 fully saturated rings. The zero-order chi connectivity index (χ0) is 15.7. The maximum atomic E-state index is 14.9. The van der Waals surface area contributed by atoms with Crippen molar-refractivity contribution in [3.05, 3.63) is 42.0 Å². The summed E-state index contributed by atoms with van der Waals surface area (Å²) in [5.41, 5.74) is -0.647. The molecule has 0 spiro atoms. The summed E-state index contributed by atoms with van der Waals surface area (Å²) in [6.07, 6.45) is 5.42. The Morgan fingerprint density at radius 3 is 2.57 bits per heavy atom. The molecule has 0 saturated heterocycles. The molecule has 0 radical (unpaired) electrons. The average molecular weight is 292 g/mol. The van der Waals surface area contributed by atoms with Gasteiger partial charge in [0.25, 0.3) is 0 Å². The lowest BCUT2D eigenvalue weighted by Gasteiger charge is -2.26. The van der Waals surface area contributed by atoms with Gasteiger partial charge in [0.2, 0.25) is 0 Å². The monoisotopic (exact) mass is 292 g/mol. The van der Waals surface area contributed by atoms with Crippen LogP contribution in [0.4, 0.5) is 4.39 Å². The number of carbonyl (C=O) groups is 1. The van der Waals surface area contributed by atoms with Gasteiger partial charge in [-0.2, -0.15) is 0 Å². The number of alkyl halides is 1. The summed E-state index contributed by atoms with van der Waals surface area (Å²) in [7, 11) is 0. The molecule has 0 heterocycles. The first kappa shape index (κ1) is 17.4. The van der Waals surface area contributed by atoms with Crippen LogP contribution in [0.1, 0.15) is 45.6 Å². The number of unbranched alkanes of at least 4 members (excludes halogenated alkanes) is 1. The fourth-order valence-corrected chi connectivity index (χ4v) is 2.21. The Hall–Kier alpha value is -1.64. The highest BCUT2D eigenvalue weighted by atomic mass is 19.1. The van der Waals surface area contributed by atoms with Crippen LogP contribution in [0.5, 0.6) is 0 Å². The lowest BCUT2D eigenvalue weighted by atomic mass is 9.85. The molecule has 0 aliphatic carbocycles. The number of benzene rings is 1. The van der Waals surface area contributed by atoms with Gasteiger partial charge in [-0.1, -0.05) is 62.2 Å². The van der Waals surface area contributed by atoms with E-state index in [9.17, 15) is 9.18 Å². The van der Waals surface area contributed by atoms with Crippen LogP contribution in [-0.2, 0) is 9.53 Å². The van der Waals surface area contributed by atoms with Gasteiger partial charge in [-0.05, 0) is 25.8 Å². The Labute approximate surface area is 127 Å². The minimum absolute atomic E-state index is 0.262. The standard InChI is InChI=1S/C18H25FO2/c1-4-6-14-18(3,19)16(17(20)21-5-2)13-12-15-10-8-7-9-11-15/h7-13,16H,4-6,14H2,1-3H3/b13-12+/t16-,18+/m1/s1. The molecular formula is C18H25FO2. The highest BCUT2D eigenvalue weighted by molar-refractivity contribution is 5.77. The van der Waals surface area contributed by atoms with Gasteiger partial charge in [0.15, 0.2) is 0 Å². The van der Waals surface area contributed by atoms with Crippen LogP contribution in [0, 0.1) is 5.92 Å². The zero-order valence-electron chi connectivity index (χ0n) is 13.1. The minimum Gasteiger partial charge on any atom is -0.465 e. The van der Waals surface area contributed by atoms with Crippen molar-refractivity contribution < 1.29 is 13.9 Å². The van der Waals surface area contributed by atoms with E-state index in [1.54, 1.807) is 19.1 Å². The third-order valence-electron chi connectivity index (χ3n) is 3.49. The van der Waals surface area contributed by atoms with Gasteiger partial charge >= 0.3 is 5.97 Å². The molecule has 1 aromatic rings. The molecule has 1 rings (SSSR count). The number of rotatable bonds is 8. The van der Waals surface area contributed by atoms with Crippen LogP contribution in [0.3, 0.4) is 0 Å². The second-order valence-electron chi connectivity index (χ2n) is 5.38. The average Bonchev–Trinajstić information content (AvgIpc) is 2.46. The van der Waals surface area contributed by atoms with E-state index in [1.807, 2.05) is 37.3 Å². The summed E-state index contributed by atoms with van der Waals surface area (Å²) < 4.78 is 19.9. The molecule has 0 saturated carbocycles. The maximum Gasteiger partial charge on any atom is 0.316 e. The fraction of sp³-hybridized carbons (Fsp3) is 0.500. The van der Waals surface area contributed by atoms with Crippen molar-refractivity contribution in [1.29, 1.82) is 0 Å². The van der Waals surface area contributed by atoms with E-state index >= 15 is 0 Å². The number of ether oxygens (including phenoxy) is 1. The molecular weight excluding hydrogens is 267 g/mol. The van der Waals surface area contributed by atoms with Crippen molar-refractivity contribution in [1.82, 2.24) is 0 Å². The van der Waals surface area contributed by atoms with Crippen molar-refractivity contribution in [2.75, 3.05) is 6.61 Å². The predicted octanol–water partition coefficient (Wildman–Crippen LogP) is 4.80. The molecule has 0 unspecified atom stereocenters. The number of hydrogen-bond donors (Lipinski definition) is 0. The second-order valence-corrected chi connectivity index (χ2v) is 5.38. The Kier molecular flexibility index (Phi) is 7.13. The SMILES string of the molecule is CCCC[C@](C)(F)[C@H](/C=C/c1ccccc1)C(=O)OCC. The van der Waals surface area contributed by atoms with Gasteiger partial charge < -0.3 is 4.74 Å². The van der Waals surface area contributed by atoms with Gasteiger partial charge in [0, 0.05) is 0 Å². The van der Waals surface area contributed by atoms with Gasteiger partial charge in [0.1, 0.15) is 11.6 Å². The van der Waals surface area contributed by atoms with Crippen LogP contribution >= 0.6 is 0 Å². The molecule has 3 heteroatoms. The molecule has 0 bridgehead atoms. The Balaban J connectivity index is 2.91. The van der Waals surface area contributed by atoms with Crippen LogP contribution in [0.15, 0.2) is 36.4 Å². The van der Waals surface area contributed by atoms with Crippen molar-refractivity contribution in [2.24, 2.45) is 5.92 Å². The minimum atomic E-state index is -1.59. The van der Waals surface area contributed by atoms with E-state index in [1.165, 1.54) is 6.92 Å². The Morgan fingerprint density at radius 2 is 2.00 bits per heavy atom. The van der Waals surface area contributed by atoms with E-state index in [-0.39, 0.29) is 6.61 Å². The van der Waals surface area contributed by atoms with Gasteiger partial charge in [-0.25, -0.2) is 4.39 Å². The summed E-state index contributed by atoms with van der Waals surface area (Å²) in [5, 5.41) is 0. The zero-order valence-corrected chi connectivity index (χ0v) is 13.1. The number of esters is 1. The van der Waals surface area contributed by atoms with Crippen LogP contribution in [0.25, 0.3) is 6.08 Å². The number of carbonyl (C=O) groups excluding carboxylic acids is 1. The molecule has 2 atom stereocenters. The summed E-state index contributed by atoms with van der Waals surface area (Å²) >= 11 is 0. The third kappa shape index (κ3) is 5.70. The molecule has 0 N–H and O–H groups in total. The Bertz CT molecular complexity index is 452. The normalized spacial score (nSPS) is 15.6. The topological polar surface area (TPSA) is 26.3 Å². The molecule has 2 nitrogen and oxygen atoms in total. The van der Waals surface area contributed by atoms with Crippen LogP contribution < -0.4 is 0 Å². The molecule has 0 aromatic heterocycles. The van der Waals surface area contributed by atoms with Crippen molar-refractivity contribution in [3.63, 3.8) is 0 Å². The quantitative estimate of drug-likeness (QED) is 0.643. The molecule has 0 aliphatic rings. The second kappa shape index (κ2) is 8.60. The smallest absolute Gasteiger partial charge is 0.316 e. The van der Waals surface area contributed by atoms with Crippen LogP contribution in [0.2, 0.25) is 0 Å². The molecule has 1 aromatic carbocycles. The summed E-state index contributed by atoms with van der Waals surface area (Å²) in [6, 6.07) is 9.57. The first-order chi connectivity index (χ1) is 10.0.